The van der Waals surface area contributed by atoms with E-state index < -0.39 is 6.09 Å². The number of carbonyl (C=O) groups excluding carboxylic acids is 1. The normalized spacial score (nSPS) is 10.6. The van der Waals surface area contributed by atoms with Crippen molar-refractivity contribution in [1.29, 1.82) is 0 Å². The smallest absolute Gasteiger partial charge is 0.415 e. The zero-order valence-electron chi connectivity index (χ0n) is 10.3. The third-order valence-corrected chi connectivity index (χ3v) is 3.67. The highest BCUT2D eigenvalue weighted by molar-refractivity contribution is 7.99. The minimum absolute atomic E-state index is 0.248. The minimum atomic E-state index is -1.01. The van der Waals surface area contributed by atoms with E-state index in [-0.39, 0.29) is 5.97 Å². The molecule has 0 aliphatic heterocycles. The number of thioether (sulfide) groups is 1. The largest absolute Gasteiger partial charge is 0.469 e. The lowest BCUT2D eigenvalue weighted by atomic mass is 10.2. The maximum Gasteiger partial charge on any atom is 0.415 e. The quantitative estimate of drug-likeness (QED) is 0.688. The lowest BCUT2D eigenvalue weighted by Gasteiger charge is -2.03. The molecule has 0 aliphatic rings. The lowest BCUT2D eigenvalue weighted by Crippen LogP contribution is -2.05. The van der Waals surface area contributed by atoms with Crippen molar-refractivity contribution in [2.24, 2.45) is 0 Å². The second kappa shape index (κ2) is 5.79. The van der Waals surface area contributed by atoms with Crippen LogP contribution < -0.4 is 0 Å². The minimum Gasteiger partial charge on any atom is -0.469 e. The Morgan fingerprint density at radius 2 is 2.16 bits per heavy atom. The number of fused-ring (bicyclic) bond motifs is 1. The first-order valence-corrected chi connectivity index (χ1v) is 6.64. The summed E-state index contributed by atoms with van der Waals surface area (Å²) >= 11 is 1.50. The Morgan fingerprint density at radius 3 is 2.84 bits per heavy atom. The van der Waals surface area contributed by atoms with Crippen molar-refractivity contribution < 1.29 is 19.4 Å². The standard InChI is InChI=1S/C13H13NO4S/c1-18-12(15)5-7-19-10-3-2-9-4-6-14(13(16)17)11(9)8-10/h2-4,6,8H,5,7H2,1H3,(H,16,17). The van der Waals surface area contributed by atoms with Crippen LogP contribution in [0.2, 0.25) is 0 Å². The molecule has 5 nitrogen and oxygen atoms in total. The highest BCUT2D eigenvalue weighted by Crippen LogP contribution is 2.25. The summed E-state index contributed by atoms with van der Waals surface area (Å²) in [5.74, 6) is 0.355. The van der Waals surface area contributed by atoms with E-state index in [2.05, 4.69) is 4.74 Å². The summed E-state index contributed by atoms with van der Waals surface area (Å²) in [5.41, 5.74) is 0.649. The number of hydrogen-bond acceptors (Lipinski definition) is 4. The predicted octanol–water partition coefficient (Wildman–Crippen LogP) is 2.82. The summed E-state index contributed by atoms with van der Waals surface area (Å²) in [6.45, 7) is 0. The van der Waals surface area contributed by atoms with Gasteiger partial charge in [-0.2, -0.15) is 0 Å². The van der Waals surface area contributed by atoms with Crippen LogP contribution in [-0.2, 0) is 9.53 Å². The third-order valence-electron chi connectivity index (χ3n) is 2.67. The van der Waals surface area contributed by atoms with Gasteiger partial charge in [-0.15, -0.1) is 11.8 Å². The average molecular weight is 279 g/mol. The molecule has 0 saturated carbocycles. The van der Waals surface area contributed by atoms with E-state index in [4.69, 9.17) is 5.11 Å². The fourth-order valence-corrected chi connectivity index (χ4v) is 2.58. The molecule has 1 aromatic heterocycles. The van der Waals surface area contributed by atoms with Crippen LogP contribution in [0.3, 0.4) is 0 Å². The van der Waals surface area contributed by atoms with Crippen LogP contribution >= 0.6 is 11.8 Å². The topological polar surface area (TPSA) is 68.5 Å². The molecule has 0 unspecified atom stereocenters. The highest BCUT2D eigenvalue weighted by atomic mass is 32.2. The maximum absolute atomic E-state index is 11.0. The van der Waals surface area contributed by atoms with Crippen LogP contribution in [0, 0.1) is 0 Å². The fourth-order valence-electron chi connectivity index (χ4n) is 1.72. The van der Waals surface area contributed by atoms with Crippen molar-refractivity contribution in [3.8, 4) is 0 Å². The number of methoxy groups -OCH3 is 1. The number of carbonyl (C=O) groups is 2. The molecule has 100 valence electrons. The second-order valence-electron chi connectivity index (χ2n) is 3.86. The van der Waals surface area contributed by atoms with Gasteiger partial charge in [0.15, 0.2) is 0 Å². The molecule has 0 aliphatic carbocycles. The van der Waals surface area contributed by atoms with E-state index in [0.717, 1.165) is 10.3 Å². The van der Waals surface area contributed by atoms with E-state index in [1.54, 1.807) is 6.07 Å². The van der Waals surface area contributed by atoms with Gasteiger partial charge in [0.1, 0.15) is 0 Å². The van der Waals surface area contributed by atoms with E-state index in [9.17, 15) is 9.59 Å². The molecular weight excluding hydrogens is 266 g/mol. The van der Waals surface area contributed by atoms with Gasteiger partial charge in [0.25, 0.3) is 0 Å². The van der Waals surface area contributed by atoms with Crippen molar-refractivity contribution in [1.82, 2.24) is 4.57 Å². The van der Waals surface area contributed by atoms with Crippen LogP contribution in [0.4, 0.5) is 4.79 Å². The molecule has 0 atom stereocenters. The van der Waals surface area contributed by atoms with Crippen LogP contribution in [0.15, 0.2) is 35.4 Å². The molecule has 1 N–H and O–H groups in total. The summed E-state index contributed by atoms with van der Waals surface area (Å²) < 4.78 is 5.74. The number of benzene rings is 1. The summed E-state index contributed by atoms with van der Waals surface area (Å²) in [4.78, 5) is 23.0. The molecule has 0 amide bonds. The van der Waals surface area contributed by atoms with Crippen LogP contribution in [0.1, 0.15) is 6.42 Å². The molecule has 0 bridgehead atoms. The van der Waals surface area contributed by atoms with E-state index >= 15 is 0 Å². The van der Waals surface area contributed by atoms with Gasteiger partial charge >= 0.3 is 12.1 Å². The van der Waals surface area contributed by atoms with Gasteiger partial charge in [-0.05, 0) is 18.2 Å². The van der Waals surface area contributed by atoms with Gasteiger partial charge in [-0.1, -0.05) is 6.07 Å². The van der Waals surface area contributed by atoms with E-state index in [1.165, 1.54) is 29.6 Å². The molecule has 0 saturated heterocycles. The van der Waals surface area contributed by atoms with Crippen molar-refractivity contribution >= 4 is 34.7 Å². The molecule has 6 heteroatoms. The van der Waals surface area contributed by atoms with Gasteiger partial charge in [0.2, 0.25) is 0 Å². The molecular formula is C13H13NO4S. The first kappa shape index (κ1) is 13.5. The summed E-state index contributed by atoms with van der Waals surface area (Å²) in [5, 5.41) is 9.91. The zero-order valence-corrected chi connectivity index (χ0v) is 11.1. The van der Waals surface area contributed by atoms with E-state index in [0.29, 0.717) is 17.7 Å². The van der Waals surface area contributed by atoms with Gasteiger partial charge in [0.05, 0.1) is 19.0 Å². The molecule has 1 heterocycles. The second-order valence-corrected chi connectivity index (χ2v) is 5.03. The Morgan fingerprint density at radius 1 is 1.37 bits per heavy atom. The first-order chi connectivity index (χ1) is 9.11. The van der Waals surface area contributed by atoms with Gasteiger partial charge < -0.3 is 9.84 Å². The number of aromatic nitrogens is 1. The van der Waals surface area contributed by atoms with Crippen molar-refractivity contribution in [2.45, 2.75) is 11.3 Å². The highest BCUT2D eigenvalue weighted by Gasteiger charge is 2.08. The van der Waals surface area contributed by atoms with Gasteiger partial charge in [-0.3, -0.25) is 9.36 Å². The number of ether oxygens (including phenoxy) is 1. The van der Waals surface area contributed by atoms with Crippen LogP contribution in [0.5, 0.6) is 0 Å². The number of carboxylic acid groups (broad SMARTS) is 1. The number of hydrogen-bond donors (Lipinski definition) is 1. The SMILES string of the molecule is COC(=O)CCSc1ccc2ccn(C(=O)O)c2c1. The molecule has 0 spiro atoms. The van der Waals surface area contributed by atoms with Gasteiger partial charge in [0, 0.05) is 22.2 Å². The molecule has 0 fully saturated rings. The molecule has 0 radical (unpaired) electrons. The summed E-state index contributed by atoms with van der Waals surface area (Å²) in [6.07, 6.45) is 0.849. The predicted molar refractivity (Wildman–Crippen MR) is 72.7 cm³/mol. The van der Waals surface area contributed by atoms with E-state index in [1.807, 2.05) is 18.2 Å². The monoisotopic (exact) mass is 279 g/mol. The zero-order chi connectivity index (χ0) is 13.8. The Hall–Kier alpha value is -1.95. The average Bonchev–Trinajstić information content (AvgIpc) is 2.81. The Balaban J connectivity index is 2.14. The van der Waals surface area contributed by atoms with Crippen LogP contribution in [0.25, 0.3) is 10.9 Å². The summed E-state index contributed by atoms with van der Waals surface area (Å²) in [7, 11) is 1.36. The number of esters is 1. The Labute approximate surface area is 114 Å². The molecule has 1 aromatic carbocycles. The Kier molecular flexibility index (Phi) is 4.11. The first-order valence-electron chi connectivity index (χ1n) is 5.66. The summed E-state index contributed by atoms with van der Waals surface area (Å²) in [6, 6.07) is 7.35. The van der Waals surface area contributed by atoms with Gasteiger partial charge in [-0.25, -0.2) is 4.79 Å². The molecule has 2 rings (SSSR count). The Bertz CT molecular complexity index is 620. The fraction of sp³-hybridized carbons (Fsp3) is 0.231. The van der Waals surface area contributed by atoms with Crippen molar-refractivity contribution in [2.75, 3.05) is 12.9 Å². The number of rotatable bonds is 4. The van der Waals surface area contributed by atoms with Crippen molar-refractivity contribution in [3.63, 3.8) is 0 Å². The molecule has 19 heavy (non-hydrogen) atoms. The van der Waals surface area contributed by atoms with Crippen molar-refractivity contribution in [3.05, 3.63) is 30.5 Å². The molecule has 2 aromatic rings. The number of nitrogens with zero attached hydrogens (tertiary/aromatic N) is 1. The van der Waals surface area contributed by atoms with Crippen LogP contribution in [-0.4, -0.2) is 34.6 Å². The maximum atomic E-state index is 11.0. The third kappa shape index (κ3) is 3.08. The lowest BCUT2D eigenvalue weighted by molar-refractivity contribution is -0.140.